The second-order valence-electron chi connectivity index (χ2n) is 5.41. The van der Waals surface area contributed by atoms with E-state index in [-0.39, 0.29) is 23.4 Å². The normalized spacial score (nSPS) is 13.4. The monoisotopic (exact) mass is 312 g/mol. The number of hydrogen-bond donors (Lipinski definition) is 2. The molecule has 1 aliphatic carbocycles. The number of pyridine rings is 1. The van der Waals surface area contributed by atoms with Crippen molar-refractivity contribution in [1.29, 1.82) is 0 Å². The predicted octanol–water partition coefficient (Wildman–Crippen LogP) is 2.35. The Hall–Kier alpha value is -2.89. The summed E-state index contributed by atoms with van der Waals surface area (Å²) in [6.07, 6.45) is 3.58. The molecule has 2 aromatic rings. The summed E-state index contributed by atoms with van der Waals surface area (Å²) in [5.74, 6) is -1.17. The van der Waals surface area contributed by atoms with Crippen LogP contribution in [0.3, 0.4) is 0 Å². The molecule has 0 radical (unpaired) electrons. The molecule has 0 spiro atoms. The van der Waals surface area contributed by atoms with Gasteiger partial charge in [-0.15, -0.1) is 0 Å². The predicted molar refractivity (Wildman–Crippen MR) is 83.7 cm³/mol. The van der Waals surface area contributed by atoms with Gasteiger partial charge in [-0.05, 0) is 36.6 Å². The van der Waals surface area contributed by atoms with E-state index in [1.165, 1.54) is 19.4 Å². The maximum absolute atomic E-state index is 12.1. The Labute approximate surface area is 133 Å². The number of benzene rings is 1. The molecule has 23 heavy (non-hydrogen) atoms. The third kappa shape index (κ3) is 3.31. The van der Waals surface area contributed by atoms with E-state index in [0.717, 1.165) is 18.4 Å². The molecule has 1 amide bonds. The average Bonchev–Trinajstić information content (AvgIpc) is 3.38. The Balaban J connectivity index is 1.93. The van der Waals surface area contributed by atoms with Gasteiger partial charge >= 0.3 is 5.97 Å². The van der Waals surface area contributed by atoms with Crippen molar-refractivity contribution in [2.45, 2.75) is 18.9 Å². The Morgan fingerprint density at radius 2 is 2.04 bits per heavy atom. The van der Waals surface area contributed by atoms with Crippen molar-refractivity contribution >= 4 is 11.9 Å². The number of carboxylic acids is 1. The molecule has 0 bridgehead atoms. The first-order valence-electron chi connectivity index (χ1n) is 7.27. The van der Waals surface area contributed by atoms with Gasteiger partial charge in [0, 0.05) is 23.4 Å². The van der Waals surface area contributed by atoms with Crippen LogP contribution in [0.15, 0.2) is 36.5 Å². The fourth-order valence-electron chi connectivity index (χ4n) is 2.26. The maximum atomic E-state index is 12.1. The van der Waals surface area contributed by atoms with E-state index in [1.807, 2.05) is 6.07 Å². The lowest BCUT2D eigenvalue weighted by Gasteiger charge is -2.09. The lowest BCUT2D eigenvalue weighted by atomic mass is 10.0. The highest BCUT2D eigenvalue weighted by atomic mass is 16.5. The summed E-state index contributed by atoms with van der Waals surface area (Å²) >= 11 is 0. The van der Waals surface area contributed by atoms with Gasteiger partial charge in [0.1, 0.15) is 5.56 Å². The molecule has 6 heteroatoms. The molecule has 1 saturated carbocycles. The van der Waals surface area contributed by atoms with E-state index >= 15 is 0 Å². The highest BCUT2D eigenvalue weighted by molar-refractivity contribution is 5.96. The number of amides is 1. The summed E-state index contributed by atoms with van der Waals surface area (Å²) in [5, 5.41) is 12.2. The Morgan fingerprint density at radius 3 is 2.70 bits per heavy atom. The molecule has 0 unspecified atom stereocenters. The molecule has 0 aliphatic heterocycles. The van der Waals surface area contributed by atoms with Crippen LogP contribution < -0.4 is 10.1 Å². The zero-order chi connectivity index (χ0) is 16.4. The second kappa shape index (κ2) is 6.08. The average molecular weight is 312 g/mol. The number of carboxylic acid groups (broad SMARTS) is 1. The van der Waals surface area contributed by atoms with Crippen LogP contribution in [0.2, 0.25) is 0 Å². The minimum atomic E-state index is -1.11. The number of carbonyl (C=O) groups excluding carboxylic acids is 1. The van der Waals surface area contributed by atoms with E-state index in [9.17, 15) is 14.7 Å². The third-order valence-electron chi connectivity index (χ3n) is 3.65. The Bertz CT molecular complexity index is 769. The van der Waals surface area contributed by atoms with Crippen molar-refractivity contribution in [3.63, 3.8) is 0 Å². The lowest BCUT2D eigenvalue weighted by Crippen LogP contribution is -2.25. The first kappa shape index (κ1) is 15.0. The van der Waals surface area contributed by atoms with Crippen molar-refractivity contribution in [2.75, 3.05) is 7.11 Å². The molecule has 0 saturated heterocycles. The first-order valence-corrected chi connectivity index (χ1v) is 7.27. The SMILES string of the molecule is COc1ncc(-c2cccc(C(=O)NC3CC3)c2)cc1C(=O)O. The van der Waals surface area contributed by atoms with Crippen LogP contribution >= 0.6 is 0 Å². The summed E-state index contributed by atoms with van der Waals surface area (Å²) in [6.45, 7) is 0. The van der Waals surface area contributed by atoms with Gasteiger partial charge in [0.05, 0.1) is 7.11 Å². The molecule has 1 aliphatic rings. The molecule has 1 aromatic carbocycles. The first-order chi connectivity index (χ1) is 11.1. The lowest BCUT2D eigenvalue weighted by molar-refractivity contribution is 0.0692. The van der Waals surface area contributed by atoms with Gasteiger partial charge < -0.3 is 15.2 Å². The van der Waals surface area contributed by atoms with Gasteiger partial charge in [0.25, 0.3) is 5.91 Å². The molecule has 118 valence electrons. The van der Waals surface area contributed by atoms with Crippen LogP contribution in [0, 0.1) is 0 Å². The molecular formula is C17H16N2O4. The van der Waals surface area contributed by atoms with Gasteiger partial charge in [-0.2, -0.15) is 0 Å². The van der Waals surface area contributed by atoms with Crippen molar-refractivity contribution < 1.29 is 19.4 Å². The largest absolute Gasteiger partial charge is 0.480 e. The highest BCUT2D eigenvalue weighted by Crippen LogP contribution is 2.25. The zero-order valence-corrected chi connectivity index (χ0v) is 12.6. The highest BCUT2D eigenvalue weighted by Gasteiger charge is 2.24. The standard InChI is InChI=1S/C17H16N2O4/c1-23-16-14(17(21)22)8-12(9-18-16)10-3-2-4-11(7-10)15(20)19-13-5-6-13/h2-4,7-9,13H,5-6H2,1H3,(H,19,20)(H,21,22). The fraction of sp³-hybridized carbons (Fsp3) is 0.235. The number of aromatic carboxylic acids is 1. The van der Waals surface area contributed by atoms with E-state index in [4.69, 9.17) is 4.74 Å². The van der Waals surface area contributed by atoms with Crippen molar-refractivity contribution in [2.24, 2.45) is 0 Å². The van der Waals surface area contributed by atoms with E-state index < -0.39 is 5.97 Å². The summed E-state index contributed by atoms with van der Waals surface area (Å²) < 4.78 is 4.95. The molecule has 0 atom stereocenters. The molecular weight excluding hydrogens is 296 g/mol. The number of rotatable bonds is 5. The van der Waals surface area contributed by atoms with Crippen molar-refractivity contribution in [1.82, 2.24) is 10.3 Å². The van der Waals surface area contributed by atoms with Crippen LogP contribution in [-0.4, -0.2) is 35.1 Å². The minimum Gasteiger partial charge on any atom is -0.480 e. The van der Waals surface area contributed by atoms with Gasteiger partial charge in [-0.1, -0.05) is 12.1 Å². The van der Waals surface area contributed by atoms with E-state index in [0.29, 0.717) is 11.1 Å². The molecule has 1 fully saturated rings. The van der Waals surface area contributed by atoms with Crippen molar-refractivity contribution in [3.8, 4) is 17.0 Å². The van der Waals surface area contributed by atoms with Gasteiger partial charge in [-0.25, -0.2) is 9.78 Å². The molecule has 2 N–H and O–H groups in total. The topological polar surface area (TPSA) is 88.5 Å². The second-order valence-corrected chi connectivity index (χ2v) is 5.41. The van der Waals surface area contributed by atoms with Gasteiger partial charge in [0.2, 0.25) is 5.88 Å². The van der Waals surface area contributed by atoms with Crippen LogP contribution in [-0.2, 0) is 0 Å². The molecule has 6 nitrogen and oxygen atoms in total. The van der Waals surface area contributed by atoms with Gasteiger partial charge in [-0.3, -0.25) is 4.79 Å². The molecule has 1 heterocycles. The van der Waals surface area contributed by atoms with E-state index in [2.05, 4.69) is 10.3 Å². The number of carbonyl (C=O) groups is 2. The fourth-order valence-corrected chi connectivity index (χ4v) is 2.26. The Kier molecular flexibility index (Phi) is 3.97. The van der Waals surface area contributed by atoms with Crippen LogP contribution in [0.1, 0.15) is 33.6 Å². The number of nitrogens with zero attached hydrogens (tertiary/aromatic N) is 1. The smallest absolute Gasteiger partial charge is 0.341 e. The summed E-state index contributed by atoms with van der Waals surface area (Å²) in [5.41, 5.74) is 1.87. The minimum absolute atomic E-state index is 0.0159. The van der Waals surface area contributed by atoms with Gasteiger partial charge in [0.15, 0.2) is 0 Å². The Morgan fingerprint density at radius 1 is 1.26 bits per heavy atom. The van der Waals surface area contributed by atoms with Crippen LogP contribution in [0.4, 0.5) is 0 Å². The number of aromatic nitrogens is 1. The summed E-state index contributed by atoms with van der Waals surface area (Å²) in [7, 11) is 1.37. The number of ether oxygens (including phenoxy) is 1. The summed E-state index contributed by atoms with van der Waals surface area (Å²) in [6, 6.07) is 8.81. The number of hydrogen-bond acceptors (Lipinski definition) is 4. The zero-order valence-electron chi connectivity index (χ0n) is 12.6. The van der Waals surface area contributed by atoms with E-state index in [1.54, 1.807) is 18.2 Å². The molecule has 1 aromatic heterocycles. The molecule has 3 rings (SSSR count). The number of methoxy groups -OCH3 is 1. The van der Waals surface area contributed by atoms with Crippen molar-refractivity contribution in [3.05, 3.63) is 47.7 Å². The van der Waals surface area contributed by atoms with Crippen LogP contribution in [0.25, 0.3) is 11.1 Å². The number of nitrogens with one attached hydrogen (secondary N) is 1. The maximum Gasteiger partial charge on any atom is 0.341 e. The van der Waals surface area contributed by atoms with Crippen LogP contribution in [0.5, 0.6) is 5.88 Å². The third-order valence-corrected chi connectivity index (χ3v) is 3.65. The summed E-state index contributed by atoms with van der Waals surface area (Å²) in [4.78, 5) is 27.4. The quantitative estimate of drug-likeness (QED) is 0.884.